The van der Waals surface area contributed by atoms with Crippen molar-refractivity contribution in [2.24, 2.45) is 0 Å². The first kappa shape index (κ1) is 20.3. The Kier molecular flexibility index (Phi) is 7.50. The monoisotopic (exact) mass is 365 g/mol. The van der Waals surface area contributed by atoms with Crippen molar-refractivity contribution < 1.29 is 19.2 Å². The summed E-state index contributed by atoms with van der Waals surface area (Å²) < 4.78 is 11.0. The number of nitrogens with zero attached hydrogens (tertiary/aromatic N) is 2. The lowest BCUT2D eigenvalue weighted by atomic mass is 10.0. The van der Waals surface area contributed by atoms with E-state index in [0.29, 0.717) is 18.2 Å². The van der Waals surface area contributed by atoms with Gasteiger partial charge in [-0.2, -0.15) is 0 Å². The summed E-state index contributed by atoms with van der Waals surface area (Å²) in [5, 5.41) is 13.5. The van der Waals surface area contributed by atoms with Crippen LogP contribution in [0, 0.1) is 10.1 Å². The summed E-state index contributed by atoms with van der Waals surface area (Å²) >= 11 is 0. The SMILES string of the molecule is CO[C@H]1C[C@@H](N(C)CCCNC(=O)c2ccc([N+](=O)[O-])cc2)C[C@@H](C)O1. The molecule has 3 atom stereocenters. The van der Waals surface area contributed by atoms with Gasteiger partial charge in [0.1, 0.15) is 0 Å². The Morgan fingerprint density at radius 3 is 2.69 bits per heavy atom. The molecule has 1 N–H and O–H groups in total. The average Bonchev–Trinajstić information content (AvgIpc) is 2.64. The summed E-state index contributed by atoms with van der Waals surface area (Å²) in [4.78, 5) is 24.5. The fourth-order valence-electron chi connectivity index (χ4n) is 3.13. The van der Waals surface area contributed by atoms with E-state index < -0.39 is 4.92 Å². The molecule has 1 aromatic carbocycles. The van der Waals surface area contributed by atoms with Crippen molar-refractivity contribution in [1.82, 2.24) is 10.2 Å². The highest BCUT2D eigenvalue weighted by Gasteiger charge is 2.29. The average molecular weight is 365 g/mol. The Labute approximate surface area is 153 Å². The first-order chi connectivity index (χ1) is 12.4. The third-order valence-corrected chi connectivity index (χ3v) is 4.65. The highest BCUT2D eigenvalue weighted by Crippen LogP contribution is 2.23. The van der Waals surface area contributed by atoms with Gasteiger partial charge in [-0.25, -0.2) is 0 Å². The van der Waals surface area contributed by atoms with E-state index in [4.69, 9.17) is 9.47 Å². The van der Waals surface area contributed by atoms with Crippen LogP contribution >= 0.6 is 0 Å². The fourth-order valence-corrected chi connectivity index (χ4v) is 3.13. The molecular weight excluding hydrogens is 338 g/mol. The van der Waals surface area contributed by atoms with Crippen LogP contribution in [0.5, 0.6) is 0 Å². The van der Waals surface area contributed by atoms with E-state index in [9.17, 15) is 14.9 Å². The molecule has 0 aliphatic carbocycles. The van der Waals surface area contributed by atoms with E-state index in [2.05, 4.69) is 24.2 Å². The maximum atomic E-state index is 12.1. The van der Waals surface area contributed by atoms with Crippen LogP contribution in [0.4, 0.5) is 5.69 Å². The highest BCUT2D eigenvalue weighted by molar-refractivity contribution is 5.94. The zero-order valence-electron chi connectivity index (χ0n) is 15.5. The minimum absolute atomic E-state index is 0.0248. The van der Waals surface area contributed by atoms with Crippen LogP contribution in [0.3, 0.4) is 0 Å². The number of nitrogens with one attached hydrogen (secondary N) is 1. The Morgan fingerprint density at radius 1 is 1.38 bits per heavy atom. The van der Waals surface area contributed by atoms with Crippen molar-refractivity contribution in [1.29, 1.82) is 0 Å². The minimum Gasteiger partial charge on any atom is -0.356 e. The molecule has 144 valence electrons. The number of nitro groups is 1. The fraction of sp³-hybridized carbons (Fsp3) is 0.611. The van der Waals surface area contributed by atoms with E-state index in [1.165, 1.54) is 24.3 Å². The number of ether oxygens (including phenoxy) is 2. The smallest absolute Gasteiger partial charge is 0.269 e. The number of benzene rings is 1. The number of methoxy groups -OCH3 is 1. The summed E-state index contributed by atoms with van der Waals surface area (Å²) in [5.74, 6) is -0.221. The summed E-state index contributed by atoms with van der Waals surface area (Å²) in [5.41, 5.74) is 0.397. The molecule has 0 bridgehead atoms. The van der Waals surface area contributed by atoms with Crippen molar-refractivity contribution >= 4 is 11.6 Å². The predicted molar refractivity (Wildman–Crippen MR) is 97.0 cm³/mol. The Hall–Kier alpha value is -2.03. The lowest BCUT2D eigenvalue weighted by Crippen LogP contribution is -2.44. The van der Waals surface area contributed by atoms with Crippen molar-refractivity contribution in [3.8, 4) is 0 Å². The molecule has 0 spiro atoms. The predicted octanol–water partition coefficient (Wildman–Crippen LogP) is 2.19. The lowest BCUT2D eigenvalue weighted by Gasteiger charge is -2.38. The number of non-ortho nitro benzene ring substituents is 1. The van der Waals surface area contributed by atoms with Crippen LogP contribution in [0.1, 0.15) is 36.5 Å². The van der Waals surface area contributed by atoms with Crippen LogP contribution in [-0.2, 0) is 9.47 Å². The number of rotatable bonds is 8. The number of carbonyl (C=O) groups excluding carboxylic acids is 1. The van der Waals surface area contributed by atoms with Crippen LogP contribution < -0.4 is 5.32 Å². The van der Waals surface area contributed by atoms with Crippen LogP contribution in [0.25, 0.3) is 0 Å². The first-order valence-corrected chi connectivity index (χ1v) is 8.82. The molecule has 0 saturated carbocycles. The molecule has 8 nitrogen and oxygen atoms in total. The standard InChI is InChI=1S/C18H27N3O5/c1-13-11-16(12-17(25-3)26-13)20(2)10-4-9-19-18(22)14-5-7-15(8-6-14)21(23)24/h5-8,13,16-17H,4,9-12H2,1-3H3,(H,19,22)/t13-,16+,17-/m1/s1. The zero-order valence-corrected chi connectivity index (χ0v) is 15.5. The summed E-state index contributed by atoms with van der Waals surface area (Å²) in [6, 6.07) is 6.00. The van der Waals surface area contributed by atoms with Gasteiger partial charge in [-0.05, 0) is 45.5 Å². The highest BCUT2D eigenvalue weighted by atomic mass is 16.7. The Balaban J connectivity index is 1.72. The van der Waals surface area contributed by atoms with Gasteiger partial charge in [-0.3, -0.25) is 14.9 Å². The van der Waals surface area contributed by atoms with E-state index >= 15 is 0 Å². The quantitative estimate of drug-likeness (QED) is 0.431. The molecule has 1 heterocycles. The zero-order chi connectivity index (χ0) is 19.1. The Bertz CT molecular complexity index is 607. The largest absolute Gasteiger partial charge is 0.356 e. The van der Waals surface area contributed by atoms with Gasteiger partial charge in [-0.1, -0.05) is 0 Å². The summed E-state index contributed by atoms with van der Waals surface area (Å²) in [6.07, 6.45) is 2.63. The second-order valence-electron chi connectivity index (χ2n) is 6.63. The maximum Gasteiger partial charge on any atom is 0.269 e. The molecular formula is C18H27N3O5. The minimum atomic E-state index is -0.483. The molecule has 8 heteroatoms. The normalized spacial score (nSPS) is 23.0. The number of hydrogen-bond acceptors (Lipinski definition) is 6. The lowest BCUT2D eigenvalue weighted by molar-refractivity contribution is -0.384. The van der Waals surface area contributed by atoms with E-state index in [-0.39, 0.29) is 24.0 Å². The second-order valence-corrected chi connectivity index (χ2v) is 6.63. The van der Waals surface area contributed by atoms with Crippen LogP contribution in [0.15, 0.2) is 24.3 Å². The first-order valence-electron chi connectivity index (χ1n) is 8.82. The molecule has 1 saturated heterocycles. The van der Waals surface area contributed by atoms with Crippen molar-refractivity contribution in [2.75, 3.05) is 27.2 Å². The van der Waals surface area contributed by atoms with E-state index in [1.807, 2.05) is 0 Å². The van der Waals surface area contributed by atoms with Crippen molar-refractivity contribution in [3.63, 3.8) is 0 Å². The molecule has 0 radical (unpaired) electrons. The van der Waals surface area contributed by atoms with Gasteiger partial charge in [0.25, 0.3) is 11.6 Å². The van der Waals surface area contributed by atoms with Gasteiger partial charge in [-0.15, -0.1) is 0 Å². The van der Waals surface area contributed by atoms with Gasteiger partial charge in [0.2, 0.25) is 0 Å². The van der Waals surface area contributed by atoms with Crippen LogP contribution in [0.2, 0.25) is 0 Å². The third kappa shape index (κ3) is 5.76. The second kappa shape index (κ2) is 9.61. The van der Waals surface area contributed by atoms with Crippen molar-refractivity contribution in [3.05, 3.63) is 39.9 Å². The molecule has 1 fully saturated rings. The van der Waals surface area contributed by atoms with E-state index in [1.54, 1.807) is 7.11 Å². The van der Waals surface area contributed by atoms with E-state index in [0.717, 1.165) is 25.8 Å². The van der Waals surface area contributed by atoms with Gasteiger partial charge in [0, 0.05) is 43.8 Å². The molecule has 1 amide bonds. The topological polar surface area (TPSA) is 93.9 Å². The number of amides is 1. The molecule has 2 rings (SSSR count). The van der Waals surface area contributed by atoms with Gasteiger partial charge in [0.05, 0.1) is 11.0 Å². The van der Waals surface area contributed by atoms with Crippen LogP contribution in [-0.4, -0.2) is 61.4 Å². The molecule has 1 aromatic rings. The number of nitro benzene ring substituents is 1. The van der Waals surface area contributed by atoms with Gasteiger partial charge in [0.15, 0.2) is 6.29 Å². The number of carbonyl (C=O) groups is 1. The van der Waals surface area contributed by atoms with Gasteiger partial charge >= 0.3 is 0 Å². The van der Waals surface area contributed by atoms with Crippen molar-refractivity contribution in [2.45, 2.75) is 44.6 Å². The number of hydrogen-bond donors (Lipinski definition) is 1. The third-order valence-electron chi connectivity index (χ3n) is 4.65. The molecule has 1 aliphatic heterocycles. The summed E-state index contributed by atoms with van der Waals surface area (Å²) in [6.45, 7) is 3.46. The molecule has 1 aliphatic rings. The summed E-state index contributed by atoms with van der Waals surface area (Å²) in [7, 11) is 3.74. The molecule has 0 aromatic heterocycles. The molecule has 0 unspecified atom stereocenters. The molecule has 26 heavy (non-hydrogen) atoms. The van der Waals surface area contributed by atoms with Gasteiger partial charge < -0.3 is 19.7 Å². The Morgan fingerprint density at radius 2 is 2.08 bits per heavy atom. The maximum absolute atomic E-state index is 12.1.